The number of pyridine rings is 2. The average molecular weight is 1370 g/mol. The van der Waals surface area contributed by atoms with E-state index in [0.29, 0.717) is 63.7 Å². The predicted molar refractivity (Wildman–Crippen MR) is 383 cm³/mol. The number of anilines is 5. The summed E-state index contributed by atoms with van der Waals surface area (Å²) in [4.78, 5) is 17.2. The van der Waals surface area contributed by atoms with E-state index in [9.17, 15) is 18.9 Å². The molecule has 11 aromatic rings. The van der Waals surface area contributed by atoms with Crippen molar-refractivity contribution in [3.05, 3.63) is 215 Å². The van der Waals surface area contributed by atoms with Gasteiger partial charge in [0.15, 0.2) is 5.65 Å². The summed E-state index contributed by atoms with van der Waals surface area (Å²) >= 11 is 3.17. The molecular weight excluding hydrogens is 1310 g/mol. The molecule has 97 heavy (non-hydrogen) atoms. The van der Waals surface area contributed by atoms with Crippen LogP contribution in [0.5, 0.6) is 5.75 Å². The minimum atomic E-state index is -4.00. The van der Waals surface area contributed by atoms with E-state index in [1.807, 2.05) is 100 Å². The maximum atomic E-state index is 14.1. The number of nitriles is 4. The first-order chi connectivity index (χ1) is 46.7. The van der Waals surface area contributed by atoms with Crippen LogP contribution in [0.3, 0.4) is 0 Å². The van der Waals surface area contributed by atoms with E-state index in [4.69, 9.17) is 51.6 Å². The van der Waals surface area contributed by atoms with Gasteiger partial charge in [0, 0.05) is 87.9 Å². The number of aromatic nitrogens is 4. The van der Waals surface area contributed by atoms with E-state index < -0.39 is 17.1 Å². The first-order valence-corrected chi connectivity index (χ1v) is 33.2. The fourth-order valence-corrected chi connectivity index (χ4v) is 13.1. The first-order valence-electron chi connectivity index (χ1n) is 31.0. The number of aromatic hydroxyl groups is 1. The molecule has 7 aromatic carbocycles. The van der Waals surface area contributed by atoms with Gasteiger partial charge in [-0.3, -0.25) is 0 Å². The molecule has 3 fully saturated rings. The summed E-state index contributed by atoms with van der Waals surface area (Å²) in [6, 6.07) is 61.5. The second-order valence-electron chi connectivity index (χ2n) is 24.0. The Morgan fingerprint density at radius 3 is 1.56 bits per heavy atom. The van der Waals surface area contributed by atoms with Gasteiger partial charge < -0.3 is 55.9 Å². The standard InChI is InChI=1S/C30H25N5O3S.C24H21N5O.C13H17BN2O2.C7H4BrNO/c31-20-23-18-22(8-11-28(23)32)26-12-13-33-30-27(26)19-29(35(30)39(36,37)25-4-2-1-3-5-25)21-6-9-24(10-7-21)34-14-16-38-17-15-34;25-15-18-13-17(3-6-22(18)26)20-7-8-27-24-21(20)14-23(28-24)16-1-4-19(5-2-16)29-9-11-30-12-10-29;1-12(2)13(3,4)18-14(17-12)10-5-6-11(16)9(7-10)8-15;8-6-1-2-7(10)5(3-6)4-9/h1-13,18-19H,14-17,32H2;1-8,13-14H,9-12,26H2,(H,27,28);5-7H,16H2,1-4H3;1-3,10H. The number of nitrogens with two attached hydrogens (primary N) is 3. The van der Waals surface area contributed by atoms with Crippen LogP contribution in [0.25, 0.3) is 66.8 Å². The zero-order valence-corrected chi connectivity index (χ0v) is 56.0. The summed E-state index contributed by atoms with van der Waals surface area (Å²) in [5.74, 6) is 0.0192. The number of aromatic amines is 1. The Bertz CT molecular complexity index is 4990. The molecule has 23 heteroatoms. The number of H-pyrrole nitrogens is 1. The topological polar surface area (TPSA) is 317 Å². The van der Waals surface area contributed by atoms with E-state index in [2.05, 4.69) is 89.2 Å². The smallest absolute Gasteiger partial charge is 0.494 e. The number of halogens is 1. The summed E-state index contributed by atoms with van der Waals surface area (Å²) in [5, 5.41) is 46.9. The maximum Gasteiger partial charge on any atom is 0.494 e. The van der Waals surface area contributed by atoms with Crippen molar-refractivity contribution in [2.24, 2.45) is 0 Å². The molecule has 14 rings (SSSR count). The Morgan fingerprint density at radius 2 is 1.03 bits per heavy atom. The van der Waals surface area contributed by atoms with E-state index in [0.717, 1.165) is 105 Å². The minimum absolute atomic E-state index is 0.0192. The van der Waals surface area contributed by atoms with Crippen LogP contribution in [0, 0.1) is 45.3 Å². The molecule has 7 heterocycles. The molecule has 0 aliphatic carbocycles. The van der Waals surface area contributed by atoms with E-state index in [1.54, 1.807) is 85.2 Å². The summed E-state index contributed by atoms with van der Waals surface area (Å²) in [7, 11) is -4.45. The van der Waals surface area contributed by atoms with Gasteiger partial charge in [0.2, 0.25) is 0 Å². The zero-order valence-electron chi connectivity index (χ0n) is 53.6. The van der Waals surface area contributed by atoms with Crippen LogP contribution in [0.4, 0.5) is 28.4 Å². The second kappa shape index (κ2) is 28.9. The van der Waals surface area contributed by atoms with Crippen molar-refractivity contribution in [2.75, 3.05) is 79.6 Å². The van der Waals surface area contributed by atoms with E-state index >= 15 is 0 Å². The number of nitrogens with one attached hydrogen (secondary N) is 1. The molecule has 0 amide bonds. The lowest BCUT2D eigenvalue weighted by molar-refractivity contribution is 0.00578. The van der Waals surface area contributed by atoms with Crippen molar-refractivity contribution in [1.29, 1.82) is 21.0 Å². The first kappa shape index (κ1) is 67.4. The molecule has 0 atom stereocenters. The fraction of sp³-hybridized carbons (Fsp3) is 0.189. The van der Waals surface area contributed by atoms with Crippen molar-refractivity contribution in [3.8, 4) is 74.8 Å². The van der Waals surface area contributed by atoms with Crippen LogP contribution < -0.4 is 32.5 Å². The van der Waals surface area contributed by atoms with Crippen LogP contribution in [0.2, 0.25) is 0 Å². The number of hydrogen-bond donors (Lipinski definition) is 5. The Morgan fingerprint density at radius 1 is 0.546 bits per heavy atom. The molecule has 0 spiro atoms. The number of hydrogen-bond acceptors (Lipinski definition) is 18. The van der Waals surface area contributed by atoms with Crippen LogP contribution in [0.1, 0.15) is 49.9 Å². The predicted octanol–water partition coefficient (Wildman–Crippen LogP) is 12.6. The summed E-state index contributed by atoms with van der Waals surface area (Å²) < 4.78 is 53.0. The van der Waals surface area contributed by atoms with Gasteiger partial charge in [-0.15, -0.1) is 0 Å². The van der Waals surface area contributed by atoms with Crippen LogP contribution in [0.15, 0.2) is 198 Å². The van der Waals surface area contributed by atoms with Gasteiger partial charge in [0.05, 0.1) is 70.5 Å². The second-order valence-corrected chi connectivity index (χ2v) is 26.7. The van der Waals surface area contributed by atoms with Crippen molar-refractivity contribution in [1.82, 2.24) is 18.9 Å². The Hall–Kier alpha value is -11.0. The van der Waals surface area contributed by atoms with Gasteiger partial charge in [0.1, 0.15) is 35.7 Å². The average Bonchev–Trinajstić information content (AvgIpc) is 1.60. The molecule has 0 bridgehead atoms. The van der Waals surface area contributed by atoms with Gasteiger partial charge in [-0.2, -0.15) is 21.0 Å². The largest absolute Gasteiger partial charge is 0.507 e. The highest BCUT2D eigenvalue weighted by molar-refractivity contribution is 9.10. The third-order valence-electron chi connectivity index (χ3n) is 17.3. The number of phenolic OH excluding ortho intramolecular Hbond substituents is 1. The Kier molecular flexibility index (Phi) is 20.1. The maximum absolute atomic E-state index is 14.1. The number of nitrogens with zero attached hydrogens (tertiary/aromatic N) is 9. The summed E-state index contributed by atoms with van der Waals surface area (Å²) in [6.07, 6.45) is 3.37. The lowest BCUT2D eigenvalue weighted by Gasteiger charge is -2.32. The van der Waals surface area contributed by atoms with Gasteiger partial charge >= 0.3 is 7.12 Å². The molecule has 3 aliphatic rings. The van der Waals surface area contributed by atoms with Crippen molar-refractivity contribution >= 4 is 89.0 Å². The number of fused-ring (bicyclic) bond motifs is 2. The molecule has 0 radical (unpaired) electrons. The normalized spacial score (nSPS) is 14.7. The minimum Gasteiger partial charge on any atom is -0.507 e. The molecule has 486 valence electrons. The lowest BCUT2D eigenvalue weighted by atomic mass is 9.78. The third kappa shape index (κ3) is 14.6. The summed E-state index contributed by atoms with van der Waals surface area (Å²) in [6.45, 7) is 14.3. The van der Waals surface area contributed by atoms with Crippen LogP contribution in [-0.2, 0) is 28.8 Å². The van der Waals surface area contributed by atoms with Crippen molar-refractivity contribution < 1.29 is 32.3 Å². The van der Waals surface area contributed by atoms with Gasteiger partial charge in [0.25, 0.3) is 10.0 Å². The zero-order chi connectivity index (χ0) is 68.6. The number of ether oxygens (including phenoxy) is 2. The molecule has 3 aliphatic heterocycles. The van der Waals surface area contributed by atoms with Crippen molar-refractivity contribution in [3.63, 3.8) is 0 Å². The number of nitrogen functional groups attached to an aromatic ring is 3. The van der Waals surface area contributed by atoms with Gasteiger partial charge in [-0.05, 0) is 182 Å². The molecule has 0 saturated carbocycles. The SMILES string of the molecule is CC1(C)OB(c2ccc(N)c(C#N)c2)OC1(C)C.N#Cc1cc(-c2ccnc3[nH]c(-c4ccc(N5CCOCC5)cc4)cc23)ccc1N.N#Cc1cc(-c2ccnc3c2cc(-c2ccc(N4CCOCC4)cc2)n3S(=O)(=O)c2ccccc2)ccc1N.N#Cc1cc(Br)ccc1O. The molecule has 3 saturated heterocycles. The quantitative estimate of drug-likeness (QED) is 0.0662. The van der Waals surface area contributed by atoms with Gasteiger partial charge in [-0.25, -0.2) is 22.4 Å². The number of morpholine rings is 2. The Balaban J connectivity index is 0.000000145. The summed E-state index contributed by atoms with van der Waals surface area (Å²) in [5.41, 5.74) is 30.7. The number of rotatable bonds is 9. The fourth-order valence-electron chi connectivity index (χ4n) is 11.3. The monoisotopic (exact) mass is 1370 g/mol. The van der Waals surface area contributed by atoms with E-state index in [1.165, 1.54) is 15.7 Å². The number of phenols is 1. The number of benzene rings is 7. The van der Waals surface area contributed by atoms with E-state index in [-0.39, 0.29) is 27.4 Å². The van der Waals surface area contributed by atoms with Crippen LogP contribution in [-0.4, -0.2) is 103 Å². The molecule has 8 N–H and O–H groups in total. The Labute approximate surface area is 571 Å². The van der Waals surface area contributed by atoms with Crippen molar-refractivity contribution in [2.45, 2.75) is 43.8 Å². The molecule has 4 aromatic heterocycles. The highest BCUT2D eigenvalue weighted by Gasteiger charge is 2.51. The molecular formula is C74H67BBrN13O7S. The highest BCUT2D eigenvalue weighted by atomic mass is 79.9. The molecule has 0 unspecified atom stereocenters. The molecule has 20 nitrogen and oxygen atoms in total. The third-order valence-corrected chi connectivity index (χ3v) is 19.6. The van der Waals surface area contributed by atoms with Gasteiger partial charge in [-0.1, -0.05) is 76.6 Å². The van der Waals surface area contributed by atoms with Crippen LogP contribution >= 0.6 is 15.9 Å². The lowest BCUT2D eigenvalue weighted by Crippen LogP contribution is -2.41. The highest BCUT2D eigenvalue weighted by Crippen LogP contribution is 2.40.